The lowest BCUT2D eigenvalue weighted by Gasteiger charge is -2.07. The van der Waals surface area contributed by atoms with E-state index in [-0.39, 0.29) is 10.6 Å². The normalized spacial score (nSPS) is 12.3. The lowest BCUT2D eigenvalue weighted by atomic mass is 10.1. The third-order valence-electron chi connectivity index (χ3n) is 4.01. The van der Waals surface area contributed by atoms with Crippen molar-refractivity contribution in [2.24, 2.45) is 5.16 Å². The van der Waals surface area contributed by atoms with Crippen molar-refractivity contribution in [2.45, 2.75) is 50.3 Å². The zero-order valence-electron chi connectivity index (χ0n) is 15.6. The second kappa shape index (κ2) is 11.0. The number of sulfone groups is 1. The van der Waals surface area contributed by atoms with Crippen LogP contribution in [0.15, 0.2) is 45.9 Å². The molecule has 27 heavy (non-hydrogen) atoms. The fraction of sp³-hybridized carbons (Fsp3) is 0.474. The Morgan fingerprint density at radius 1 is 1.15 bits per heavy atom. The highest BCUT2D eigenvalue weighted by atomic mass is 32.2. The summed E-state index contributed by atoms with van der Waals surface area (Å²) in [7, 11) is -3.56. The smallest absolute Gasteiger partial charge is 0.184 e. The van der Waals surface area contributed by atoms with Gasteiger partial charge in [-0.2, -0.15) is 0 Å². The van der Waals surface area contributed by atoms with Crippen molar-refractivity contribution >= 4 is 32.6 Å². The summed E-state index contributed by atoms with van der Waals surface area (Å²) < 4.78 is 25.4. The Morgan fingerprint density at radius 2 is 1.85 bits per heavy atom. The molecule has 8 heteroatoms. The molecule has 0 fully saturated rings. The maximum Gasteiger partial charge on any atom is 0.184 e. The van der Waals surface area contributed by atoms with Crippen molar-refractivity contribution in [3.8, 4) is 0 Å². The van der Waals surface area contributed by atoms with Gasteiger partial charge in [0.25, 0.3) is 0 Å². The van der Waals surface area contributed by atoms with Gasteiger partial charge < -0.3 is 10.6 Å². The second-order valence-electron chi connectivity index (χ2n) is 6.30. The monoisotopic (exact) mass is 409 g/mol. The summed E-state index contributed by atoms with van der Waals surface area (Å²) in [6.07, 6.45) is 8.53. The van der Waals surface area contributed by atoms with E-state index in [1.165, 1.54) is 49.2 Å². The maximum atomic E-state index is 12.7. The number of nitrogens with zero attached hydrogens (tertiary/aromatic N) is 2. The molecule has 0 saturated carbocycles. The molecule has 6 nitrogen and oxygen atoms in total. The molecule has 0 aliphatic rings. The number of benzene rings is 1. The van der Waals surface area contributed by atoms with Gasteiger partial charge in [-0.1, -0.05) is 37.8 Å². The molecule has 2 N–H and O–H groups in total. The van der Waals surface area contributed by atoms with E-state index in [9.17, 15) is 8.42 Å². The van der Waals surface area contributed by atoms with Crippen molar-refractivity contribution < 1.29 is 13.3 Å². The zero-order chi connectivity index (χ0) is 19.5. The number of hydrogen-bond donors (Lipinski definition) is 1. The molecule has 0 spiro atoms. The largest absolute Gasteiger partial charge is 0.399 e. The summed E-state index contributed by atoms with van der Waals surface area (Å²) in [4.78, 5) is 9.78. The van der Waals surface area contributed by atoms with Crippen LogP contribution in [-0.4, -0.2) is 31.5 Å². The predicted molar refractivity (Wildman–Crippen MR) is 111 cm³/mol. The number of thiazole rings is 1. The molecule has 0 aliphatic carbocycles. The average molecular weight is 410 g/mol. The van der Waals surface area contributed by atoms with E-state index in [1.807, 2.05) is 0 Å². The third-order valence-corrected chi connectivity index (χ3v) is 6.48. The molecule has 0 saturated heterocycles. The molecule has 0 bridgehead atoms. The molecule has 0 amide bonds. The van der Waals surface area contributed by atoms with Gasteiger partial charge in [-0.15, -0.1) is 11.3 Å². The van der Waals surface area contributed by atoms with Gasteiger partial charge in [0.15, 0.2) is 9.84 Å². The second-order valence-corrected chi connectivity index (χ2v) is 9.19. The van der Waals surface area contributed by atoms with Crippen molar-refractivity contribution in [1.82, 2.24) is 4.98 Å². The zero-order valence-corrected chi connectivity index (χ0v) is 17.3. The van der Waals surface area contributed by atoms with Crippen LogP contribution in [0.25, 0.3) is 0 Å². The number of nitrogen functional groups attached to an aromatic ring is 1. The van der Waals surface area contributed by atoms with Gasteiger partial charge in [-0.3, -0.25) is 0 Å². The number of oxime groups is 1. The molecular weight excluding hydrogens is 382 g/mol. The molecule has 2 rings (SSSR count). The van der Waals surface area contributed by atoms with Crippen molar-refractivity contribution in [1.29, 1.82) is 0 Å². The van der Waals surface area contributed by atoms with Crippen molar-refractivity contribution in [3.63, 3.8) is 0 Å². The first-order valence-electron chi connectivity index (χ1n) is 9.20. The summed E-state index contributed by atoms with van der Waals surface area (Å²) in [5.74, 6) is -0.263. The van der Waals surface area contributed by atoms with Gasteiger partial charge in [-0.05, 0) is 37.1 Å². The van der Waals surface area contributed by atoms with Crippen LogP contribution < -0.4 is 5.73 Å². The summed E-state index contributed by atoms with van der Waals surface area (Å²) in [5.41, 5.74) is 6.48. The molecule has 0 radical (unpaired) electrons. The summed E-state index contributed by atoms with van der Waals surface area (Å²) in [5, 5.41) is 6.43. The van der Waals surface area contributed by atoms with E-state index in [0.29, 0.717) is 23.0 Å². The van der Waals surface area contributed by atoms with Crippen LogP contribution >= 0.6 is 11.3 Å². The van der Waals surface area contributed by atoms with E-state index in [2.05, 4.69) is 17.1 Å². The number of rotatable bonds is 12. The third kappa shape index (κ3) is 7.30. The van der Waals surface area contributed by atoms with E-state index >= 15 is 0 Å². The topological polar surface area (TPSA) is 94.6 Å². The van der Waals surface area contributed by atoms with Crippen LogP contribution in [-0.2, 0) is 14.7 Å². The Bertz CT molecular complexity index is 801. The van der Waals surface area contributed by atoms with Crippen LogP contribution in [0.2, 0.25) is 0 Å². The lowest BCUT2D eigenvalue weighted by molar-refractivity contribution is 0.139. The predicted octanol–water partition coefficient (Wildman–Crippen LogP) is 4.28. The first kappa shape index (κ1) is 21.4. The molecule has 0 atom stereocenters. The average Bonchev–Trinajstić information content (AvgIpc) is 3.18. The Morgan fingerprint density at radius 3 is 2.52 bits per heavy atom. The minimum atomic E-state index is -3.56. The van der Waals surface area contributed by atoms with Crippen LogP contribution in [0.3, 0.4) is 0 Å². The molecule has 1 heterocycles. The molecule has 2 aromatic rings. The molecular formula is C19H27N3O3S2. The Labute approximate surface area is 165 Å². The van der Waals surface area contributed by atoms with Gasteiger partial charge in [0.2, 0.25) is 0 Å². The minimum Gasteiger partial charge on any atom is -0.399 e. The van der Waals surface area contributed by atoms with Gasteiger partial charge in [0.05, 0.1) is 4.90 Å². The highest BCUT2D eigenvalue weighted by molar-refractivity contribution is 7.92. The van der Waals surface area contributed by atoms with Crippen LogP contribution in [0.5, 0.6) is 0 Å². The summed E-state index contributed by atoms with van der Waals surface area (Å²) >= 11 is 1.34. The van der Waals surface area contributed by atoms with Gasteiger partial charge >= 0.3 is 0 Å². The standard InChI is InChI=1S/C19H27N3O3S2/c1-2-3-4-5-6-7-13-25-22-18(19-21-12-14-26-19)15-27(23,24)17-10-8-16(20)9-11-17/h8-12,14H,2-7,13,15,20H2,1H3/b22-18-. The number of anilines is 1. The summed E-state index contributed by atoms with van der Waals surface area (Å²) in [6, 6.07) is 6.15. The van der Waals surface area contributed by atoms with Crippen LogP contribution in [0.1, 0.15) is 50.5 Å². The SMILES string of the molecule is CCCCCCCCO/N=C(/CS(=O)(=O)c1ccc(N)cc1)c1nccs1. The summed E-state index contributed by atoms with van der Waals surface area (Å²) in [6.45, 7) is 2.67. The van der Waals surface area contributed by atoms with Gasteiger partial charge in [-0.25, -0.2) is 13.4 Å². The maximum absolute atomic E-state index is 12.7. The number of nitrogens with two attached hydrogens (primary N) is 1. The molecule has 0 unspecified atom stereocenters. The molecule has 0 aliphatic heterocycles. The minimum absolute atomic E-state index is 0.205. The highest BCUT2D eigenvalue weighted by Crippen LogP contribution is 2.17. The molecule has 1 aromatic carbocycles. The Hall–Kier alpha value is -1.93. The lowest BCUT2D eigenvalue weighted by Crippen LogP contribution is -2.18. The first-order chi connectivity index (χ1) is 13.0. The van der Waals surface area contributed by atoms with Crippen molar-refractivity contribution in [3.05, 3.63) is 40.8 Å². The van der Waals surface area contributed by atoms with Gasteiger partial charge in [0.1, 0.15) is 23.1 Å². The quantitative estimate of drug-likeness (QED) is 0.244. The molecule has 1 aromatic heterocycles. The fourth-order valence-electron chi connectivity index (χ4n) is 2.50. The fourth-order valence-corrected chi connectivity index (χ4v) is 4.48. The highest BCUT2D eigenvalue weighted by Gasteiger charge is 2.21. The van der Waals surface area contributed by atoms with Crippen molar-refractivity contribution in [2.75, 3.05) is 18.1 Å². The van der Waals surface area contributed by atoms with Crippen LogP contribution in [0, 0.1) is 0 Å². The molecule has 148 valence electrons. The first-order valence-corrected chi connectivity index (χ1v) is 11.7. The van der Waals surface area contributed by atoms with E-state index in [0.717, 1.165) is 12.8 Å². The number of aromatic nitrogens is 1. The van der Waals surface area contributed by atoms with E-state index in [4.69, 9.17) is 10.6 Å². The van der Waals surface area contributed by atoms with E-state index < -0.39 is 9.84 Å². The van der Waals surface area contributed by atoms with Crippen LogP contribution in [0.4, 0.5) is 5.69 Å². The Balaban J connectivity index is 1.97. The number of unbranched alkanes of at least 4 members (excludes halogenated alkanes) is 5. The Kier molecular flexibility index (Phi) is 8.74. The van der Waals surface area contributed by atoms with E-state index in [1.54, 1.807) is 23.7 Å². The number of hydrogen-bond acceptors (Lipinski definition) is 7. The van der Waals surface area contributed by atoms with Gasteiger partial charge in [0, 0.05) is 17.3 Å².